The average molecular weight is 1710 g/mol. The highest BCUT2D eigenvalue weighted by Crippen LogP contribution is 2.53. The summed E-state index contributed by atoms with van der Waals surface area (Å²) in [6.45, 7) is 3.27. The molecule has 4 heterocycles. The van der Waals surface area contributed by atoms with Crippen molar-refractivity contribution in [2.24, 2.45) is 0 Å². The zero-order valence-corrected chi connectivity index (χ0v) is 67.9. The molecule has 16 rings (SSSR count). The number of aliphatic hydroxyl groups excluding tert-OH is 1. The van der Waals surface area contributed by atoms with Gasteiger partial charge in [0.25, 0.3) is 6.43 Å². The number of carboxylic acids is 4. The van der Waals surface area contributed by atoms with E-state index in [0.29, 0.717) is 51.6 Å². The van der Waals surface area contributed by atoms with Crippen molar-refractivity contribution in [3.05, 3.63) is 324 Å². The number of carbonyl (C=O) groups is 4. The minimum Gasteiger partial charge on any atom is -0.508 e. The number of aromatic hydroxyl groups is 5. The van der Waals surface area contributed by atoms with Crippen LogP contribution in [0.25, 0.3) is 106 Å². The van der Waals surface area contributed by atoms with Gasteiger partial charge in [0, 0.05) is 75.3 Å². The molecule has 0 spiro atoms. The number of alkyl halides is 2. The van der Waals surface area contributed by atoms with Gasteiger partial charge >= 0.3 is 23.9 Å². The second-order valence-corrected chi connectivity index (χ2v) is 31.3. The maximum atomic E-state index is 12.9. The van der Waals surface area contributed by atoms with E-state index in [-0.39, 0.29) is 39.9 Å². The van der Waals surface area contributed by atoms with Gasteiger partial charge in [-0.1, -0.05) is 97.1 Å². The van der Waals surface area contributed by atoms with Gasteiger partial charge in [0.2, 0.25) is 0 Å². The molecule has 1 atom stereocenters. The van der Waals surface area contributed by atoms with E-state index < -0.39 is 36.4 Å². The number of halogens is 2. The summed E-state index contributed by atoms with van der Waals surface area (Å²) in [5.41, 5.74) is 7.42. The third-order valence-corrected chi connectivity index (χ3v) is 23.2. The highest BCUT2D eigenvalue weighted by atomic mass is 32.1. The van der Waals surface area contributed by atoms with Crippen LogP contribution in [-0.2, 0) is 19.2 Å². The van der Waals surface area contributed by atoms with Crippen molar-refractivity contribution in [3.8, 4) is 122 Å². The Balaban J connectivity index is 0.000000140. The molecule has 0 unspecified atom stereocenters. The molecular weight excluding hydrogens is 1640 g/mol. The fraction of sp³-hybridized carbons (Fsp3) is 0.0515. The first-order valence-corrected chi connectivity index (χ1v) is 40.4. The predicted octanol–water partition coefficient (Wildman–Crippen LogP) is 25.8. The molecule has 0 aliphatic heterocycles. The van der Waals surface area contributed by atoms with Crippen LogP contribution in [0.5, 0.6) is 80.5 Å². The lowest BCUT2D eigenvalue weighted by Gasteiger charge is -2.13. The number of phenolic OH excluding ortho intramolecular Hbond substituents is 5. The topological polar surface area (TPSA) is 317 Å². The van der Waals surface area contributed by atoms with Crippen LogP contribution in [0.3, 0.4) is 0 Å². The SMILES string of the molecule is C/C(=C\c1ccc(Oc2c(-c3ccc(O)cc3)sc3cc(O)ccc23)cc1)C(=O)O.COc1ccc(-c2sc3cc(O)ccc3c2Oc2ccc(/C=C/C(=O)O)cc2)cc1.C[C@H](O)c1ccccc1-c1sc2cc(O)ccc2c1Oc1ccc(/C=C/C(=O)O)cc1.O=C(O)/C=C/c1ccc(Oc2c(-c3ccc(C(F)F)cc3)sc3cc(O)ccc23)cc1. The van der Waals surface area contributed by atoms with Crippen molar-refractivity contribution in [1.29, 1.82) is 0 Å². The summed E-state index contributed by atoms with van der Waals surface area (Å²) in [5.74, 6) is 2.55. The Bertz CT molecular complexity index is 6610. The third kappa shape index (κ3) is 21.3. The van der Waals surface area contributed by atoms with E-state index in [9.17, 15) is 58.6 Å². The molecule has 10 N–H and O–H groups in total. The van der Waals surface area contributed by atoms with Crippen molar-refractivity contribution in [1.82, 2.24) is 0 Å². The summed E-state index contributed by atoms with van der Waals surface area (Å²) in [7, 11) is 1.63. The number of hydrogen-bond acceptors (Lipinski definition) is 19. The van der Waals surface area contributed by atoms with E-state index in [2.05, 4.69) is 0 Å². The van der Waals surface area contributed by atoms with Crippen molar-refractivity contribution in [3.63, 3.8) is 0 Å². The van der Waals surface area contributed by atoms with Crippen LogP contribution < -0.4 is 23.7 Å². The lowest BCUT2D eigenvalue weighted by Crippen LogP contribution is -1.95. The molecule has 0 fully saturated rings. The number of rotatable bonds is 23. The maximum Gasteiger partial charge on any atom is 0.331 e. The van der Waals surface area contributed by atoms with Crippen LogP contribution in [0, 0.1) is 0 Å². The fourth-order valence-electron chi connectivity index (χ4n) is 12.5. The first-order valence-electron chi connectivity index (χ1n) is 37.1. The first kappa shape index (κ1) is 85.0. The predicted molar refractivity (Wildman–Crippen MR) is 477 cm³/mol. The minimum atomic E-state index is -2.54. The molecule has 0 aliphatic rings. The van der Waals surface area contributed by atoms with Gasteiger partial charge in [-0.3, -0.25) is 0 Å². The number of ether oxygens (including phenoxy) is 5. The van der Waals surface area contributed by atoms with Crippen LogP contribution in [0.15, 0.2) is 291 Å². The van der Waals surface area contributed by atoms with Gasteiger partial charge in [-0.05, 0) is 253 Å². The number of benzene rings is 12. The molecule has 0 saturated carbocycles. The van der Waals surface area contributed by atoms with Gasteiger partial charge < -0.3 is 74.7 Å². The number of phenols is 5. The zero-order valence-electron chi connectivity index (χ0n) is 64.6. The Morgan fingerprint density at radius 2 is 0.656 bits per heavy atom. The highest BCUT2D eigenvalue weighted by molar-refractivity contribution is 7.24. The molecule has 122 heavy (non-hydrogen) atoms. The molecule has 16 aromatic rings. The van der Waals surface area contributed by atoms with E-state index in [0.717, 1.165) is 128 Å². The van der Waals surface area contributed by atoms with Crippen LogP contribution in [0.4, 0.5) is 8.78 Å². The van der Waals surface area contributed by atoms with Gasteiger partial charge in [-0.15, -0.1) is 45.3 Å². The molecular formula is C97H72F2O19S4. The minimum absolute atomic E-state index is 0.0602. The number of aliphatic carboxylic acids is 4. The summed E-state index contributed by atoms with van der Waals surface area (Å²) >= 11 is 5.90. The second-order valence-electron chi connectivity index (χ2n) is 27.1. The van der Waals surface area contributed by atoms with Crippen molar-refractivity contribution in [2.75, 3.05) is 7.11 Å². The van der Waals surface area contributed by atoms with Crippen molar-refractivity contribution in [2.45, 2.75) is 26.4 Å². The lowest BCUT2D eigenvalue weighted by atomic mass is 10.0. The van der Waals surface area contributed by atoms with Gasteiger partial charge in [-0.25, -0.2) is 28.0 Å². The van der Waals surface area contributed by atoms with E-state index >= 15 is 0 Å². The van der Waals surface area contributed by atoms with Crippen LogP contribution in [0.1, 0.15) is 59.8 Å². The molecule has 12 aromatic carbocycles. The Kier molecular flexibility index (Phi) is 27.0. The van der Waals surface area contributed by atoms with Crippen LogP contribution in [-0.4, -0.2) is 82.1 Å². The molecule has 4 aromatic heterocycles. The number of carboxylic acid groups (broad SMARTS) is 4. The van der Waals surface area contributed by atoms with E-state index in [1.807, 2.05) is 78.9 Å². The zero-order chi connectivity index (χ0) is 86.3. The summed E-state index contributed by atoms with van der Waals surface area (Å²) < 4.78 is 59.5. The standard InChI is InChI=1S/C25H20O5S.C24H16F2O4S.2C24H18O5S/c1-15(26)19-4-2-3-5-20(19)25-24(21-12-9-17(27)14-22(21)31-25)30-18-10-6-16(7-11-18)8-13-23(28)29;25-24(26)16-6-4-15(5-7-16)23-22(19-11-8-17(27)13-20(19)31-23)30-18-9-1-14(2-10-18)3-12-21(28)29;1-28-18-10-5-16(6-11-18)24-23(20-12-7-17(25)14-21(20)30-24)29-19-8-2-15(3-9-19)4-13-22(26)27;1-14(24(27)28)12-15-2-9-19(10-3-15)29-22-20-11-8-18(26)13-21(20)30-23(22)16-4-6-17(25)7-5-16/h2-15,26-27H,1H3,(H,28,29);1-13,24,27H,(H,28,29);2-14,25H,1H3,(H,26,27);2-13,25-26H,1H3,(H,27,28)/b13-8+;12-3+;13-4+;14-12+/t15-;;;/m0.../s1. The van der Waals surface area contributed by atoms with Gasteiger partial charge in [0.15, 0.2) is 23.0 Å². The lowest BCUT2D eigenvalue weighted by molar-refractivity contribution is -0.133. The Labute approximate surface area is 711 Å². The average Bonchev–Trinajstić information content (AvgIpc) is 1.63. The number of methoxy groups -OCH3 is 1. The number of hydrogen-bond donors (Lipinski definition) is 10. The Morgan fingerprint density at radius 1 is 0.361 bits per heavy atom. The normalized spacial score (nSPS) is 11.6. The van der Waals surface area contributed by atoms with E-state index in [4.69, 9.17) is 44.1 Å². The Hall–Kier alpha value is -14.9. The van der Waals surface area contributed by atoms with Crippen molar-refractivity contribution < 1.29 is 103 Å². The fourth-order valence-corrected chi connectivity index (χ4v) is 17.2. The van der Waals surface area contributed by atoms with Gasteiger partial charge in [0.1, 0.15) is 57.5 Å². The van der Waals surface area contributed by atoms with Crippen LogP contribution >= 0.6 is 45.3 Å². The molecule has 0 radical (unpaired) electrons. The molecule has 0 aliphatic carbocycles. The smallest absolute Gasteiger partial charge is 0.331 e. The summed E-state index contributed by atoms with van der Waals surface area (Å²) in [4.78, 5) is 46.5. The van der Waals surface area contributed by atoms with Crippen LogP contribution in [0.2, 0.25) is 0 Å². The number of aliphatic hydroxyl groups is 1. The molecule has 0 amide bonds. The van der Waals surface area contributed by atoms with E-state index in [1.54, 1.807) is 203 Å². The molecule has 0 saturated heterocycles. The maximum absolute atomic E-state index is 12.9. The second kappa shape index (κ2) is 38.7. The quantitative estimate of drug-likeness (QED) is 0.0266. The Morgan fingerprint density at radius 3 is 0.975 bits per heavy atom. The summed E-state index contributed by atoms with van der Waals surface area (Å²) in [6.07, 6.45) is 6.14. The first-order chi connectivity index (χ1) is 58.8. The summed E-state index contributed by atoms with van der Waals surface area (Å²) in [6, 6.07) is 76.9. The molecule has 612 valence electrons. The molecule has 0 bridgehead atoms. The largest absolute Gasteiger partial charge is 0.508 e. The van der Waals surface area contributed by atoms with E-state index in [1.165, 1.54) is 75.7 Å². The molecule has 25 heteroatoms. The van der Waals surface area contributed by atoms with Gasteiger partial charge in [0.05, 0.1) is 32.7 Å². The van der Waals surface area contributed by atoms with Crippen molar-refractivity contribution >= 4 is 134 Å². The molecule has 19 nitrogen and oxygen atoms in total. The highest BCUT2D eigenvalue weighted by Gasteiger charge is 2.24. The summed E-state index contributed by atoms with van der Waals surface area (Å²) in [5, 5.41) is 98.1. The monoisotopic (exact) mass is 1710 g/mol. The number of thiophene rings is 4. The number of fused-ring (bicyclic) bond motifs is 4. The third-order valence-electron chi connectivity index (χ3n) is 18.4. The van der Waals surface area contributed by atoms with Gasteiger partial charge in [-0.2, -0.15) is 0 Å².